The second-order valence-corrected chi connectivity index (χ2v) is 7.51. The van der Waals surface area contributed by atoms with Gasteiger partial charge in [0.25, 0.3) is 0 Å². The molecule has 1 fully saturated rings. The summed E-state index contributed by atoms with van der Waals surface area (Å²) in [5.74, 6) is -0.307. The summed E-state index contributed by atoms with van der Waals surface area (Å²) in [6, 6.07) is 6.80. The Hall–Kier alpha value is -1.66. The minimum Gasteiger partial charge on any atom is -0.469 e. The third-order valence-corrected chi connectivity index (χ3v) is 5.84. The molecule has 120 valence electrons. The zero-order valence-electron chi connectivity index (χ0n) is 12.9. The molecule has 0 bridgehead atoms. The van der Waals surface area contributed by atoms with Gasteiger partial charge < -0.3 is 4.74 Å². The summed E-state index contributed by atoms with van der Waals surface area (Å²) in [6.45, 7) is 6.49. The lowest BCUT2D eigenvalue weighted by Gasteiger charge is -2.32. The van der Waals surface area contributed by atoms with Crippen LogP contribution < -0.4 is 0 Å². The first-order chi connectivity index (χ1) is 10.3. The first-order valence-corrected chi connectivity index (χ1v) is 8.60. The van der Waals surface area contributed by atoms with Gasteiger partial charge >= 0.3 is 5.97 Å². The van der Waals surface area contributed by atoms with E-state index >= 15 is 0 Å². The van der Waals surface area contributed by atoms with Gasteiger partial charge in [0, 0.05) is 13.1 Å². The van der Waals surface area contributed by atoms with Crippen LogP contribution in [0.15, 0.2) is 41.3 Å². The van der Waals surface area contributed by atoms with Crippen molar-refractivity contribution in [3.8, 4) is 0 Å². The fourth-order valence-electron chi connectivity index (χ4n) is 2.53. The van der Waals surface area contributed by atoms with Crippen molar-refractivity contribution in [1.29, 1.82) is 0 Å². The molecule has 2 rings (SSSR count). The number of aryl methyl sites for hydroxylation is 1. The van der Waals surface area contributed by atoms with Crippen LogP contribution >= 0.6 is 0 Å². The van der Waals surface area contributed by atoms with Crippen LogP contribution in [0.25, 0.3) is 0 Å². The molecule has 1 saturated heterocycles. The van der Waals surface area contributed by atoms with Crippen molar-refractivity contribution in [3.63, 3.8) is 0 Å². The van der Waals surface area contributed by atoms with Crippen molar-refractivity contribution < 1.29 is 17.9 Å². The second-order valence-electron chi connectivity index (χ2n) is 5.58. The first-order valence-electron chi connectivity index (χ1n) is 7.16. The highest BCUT2D eigenvalue weighted by Gasteiger charge is 2.32. The van der Waals surface area contributed by atoms with Gasteiger partial charge in [-0.1, -0.05) is 29.8 Å². The average Bonchev–Trinajstić information content (AvgIpc) is 2.49. The van der Waals surface area contributed by atoms with Crippen molar-refractivity contribution >= 4 is 16.0 Å². The Balaban J connectivity index is 2.10. The van der Waals surface area contributed by atoms with Gasteiger partial charge in [0.15, 0.2) is 0 Å². The van der Waals surface area contributed by atoms with Crippen LogP contribution in [0.4, 0.5) is 0 Å². The summed E-state index contributed by atoms with van der Waals surface area (Å²) in [4.78, 5) is 11.7. The highest BCUT2D eigenvalue weighted by Crippen LogP contribution is 2.29. The number of hydrogen-bond donors (Lipinski definition) is 0. The Morgan fingerprint density at radius 2 is 2.00 bits per heavy atom. The number of carbonyl (C=O) groups excluding carboxylic acids is 1. The zero-order chi connectivity index (χ0) is 16.3. The molecular formula is C16H21NO4S. The summed E-state index contributed by atoms with van der Waals surface area (Å²) in [5.41, 5.74) is 1.77. The topological polar surface area (TPSA) is 63.7 Å². The quantitative estimate of drug-likeness (QED) is 0.629. The Kier molecular flexibility index (Phi) is 5.03. The Labute approximate surface area is 131 Å². The van der Waals surface area contributed by atoms with Crippen LogP contribution in [-0.2, 0) is 19.6 Å². The predicted molar refractivity (Wildman–Crippen MR) is 83.8 cm³/mol. The number of benzene rings is 1. The van der Waals surface area contributed by atoms with Crippen LogP contribution in [-0.4, -0.2) is 38.9 Å². The van der Waals surface area contributed by atoms with E-state index in [0.29, 0.717) is 13.0 Å². The van der Waals surface area contributed by atoms with E-state index in [0.717, 1.165) is 11.1 Å². The van der Waals surface area contributed by atoms with Crippen molar-refractivity contribution in [2.24, 2.45) is 5.92 Å². The summed E-state index contributed by atoms with van der Waals surface area (Å²) in [5, 5.41) is 0. The number of rotatable bonds is 4. The summed E-state index contributed by atoms with van der Waals surface area (Å²) in [6.07, 6.45) is 0.840. The van der Waals surface area contributed by atoms with Crippen molar-refractivity contribution in [1.82, 2.24) is 4.31 Å². The number of hydrogen-bond acceptors (Lipinski definition) is 4. The summed E-state index contributed by atoms with van der Waals surface area (Å²) < 4.78 is 31.3. The predicted octanol–water partition coefficient (Wildman–Crippen LogP) is 2.12. The SMILES string of the molecule is C=C1CN(S(=O)(=O)c2ccc(C)cc2)CCC1CC(=O)OC. The van der Waals surface area contributed by atoms with Gasteiger partial charge in [-0.2, -0.15) is 4.31 Å². The number of sulfonamides is 1. The lowest BCUT2D eigenvalue weighted by molar-refractivity contribution is -0.141. The molecule has 0 saturated carbocycles. The highest BCUT2D eigenvalue weighted by atomic mass is 32.2. The van der Waals surface area contributed by atoms with Crippen LogP contribution in [0.5, 0.6) is 0 Å². The van der Waals surface area contributed by atoms with Crippen LogP contribution in [0.3, 0.4) is 0 Å². The second kappa shape index (κ2) is 6.62. The molecule has 5 nitrogen and oxygen atoms in total. The smallest absolute Gasteiger partial charge is 0.306 e. The van der Waals surface area contributed by atoms with Crippen LogP contribution in [0.1, 0.15) is 18.4 Å². The van der Waals surface area contributed by atoms with Gasteiger partial charge in [-0.05, 0) is 31.4 Å². The average molecular weight is 323 g/mol. The minimum atomic E-state index is -3.51. The van der Waals surface area contributed by atoms with Crippen molar-refractivity contribution in [2.45, 2.75) is 24.7 Å². The van der Waals surface area contributed by atoms with E-state index in [-0.39, 0.29) is 29.7 Å². The van der Waals surface area contributed by atoms with Gasteiger partial charge in [-0.3, -0.25) is 4.79 Å². The molecule has 22 heavy (non-hydrogen) atoms. The van der Waals surface area contributed by atoms with E-state index in [1.807, 2.05) is 6.92 Å². The lowest BCUT2D eigenvalue weighted by atomic mass is 9.90. The minimum absolute atomic E-state index is 0.0167. The molecule has 1 aromatic rings. The van der Waals surface area contributed by atoms with Gasteiger partial charge in [0.05, 0.1) is 18.4 Å². The monoisotopic (exact) mass is 323 g/mol. The molecule has 0 aliphatic carbocycles. The van der Waals surface area contributed by atoms with E-state index in [9.17, 15) is 13.2 Å². The van der Waals surface area contributed by atoms with E-state index in [4.69, 9.17) is 0 Å². The normalized spacial score (nSPS) is 19.9. The molecule has 0 spiro atoms. The number of methoxy groups -OCH3 is 1. The Morgan fingerprint density at radius 3 is 2.55 bits per heavy atom. The zero-order valence-corrected chi connectivity index (χ0v) is 13.7. The maximum absolute atomic E-state index is 12.6. The van der Waals surface area contributed by atoms with E-state index in [1.165, 1.54) is 11.4 Å². The largest absolute Gasteiger partial charge is 0.469 e. The number of ether oxygens (including phenoxy) is 1. The van der Waals surface area contributed by atoms with Gasteiger partial charge in [0.1, 0.15) is 0 Å². The molecule has 6 heteroatoms. The van der Waals surface area contributed by atoms with Crippen molar-refractivity contribution in [2.75, 3.05) is 20.2 Å². The molecule has 1 heterocycles. The van der Waals surface area contributed by atoms with E-state index in [2.05, 4.69) is 11.3 Å². The third kappa shape index (κ3) is 3.56. The van der Waals surface area contributed by atoms with E-state index < -0.39 is 10.0 Å². The number of piperidine rings is 1. The van der Waals surface area contributed by atoms with Gasteiger partial charge in [-0.15, -0.1) is 0 Å². The molecule has 1 aromatic carbocycles. The molecule has 1 aliphatic rings. The fourth-order valence-corrected chi connectivity index (χ4v) is 3.99. The highest BCUT2D eigenvalue weighted by molar-refractivity contribution is 7.89. The molecule has 0 aromatic heterocycles. The fraction of sp³-hybridized carbons (Fsp3) is 0.438. The molecule has 0 N–H and O–H groups in total. The van der Waals surface area contributed by atoms with Gasteiger partial charge in [-0.25, -0.2) is 8.42 Å². The molecular weight excluding hydrogens is 302 g/mol. The molecule has 0 radical (unpaired) electrons. The maximum atomic E-state index is 12.6. The Morgan fingerprint density at radius 1 is 1.36 bits per heavy atom. The molecule has 1 aliphatic heterocycles. The summed E-state index contributed by atoms with van der Waals surface area (Å²) >= 11 is 0. The van der Waals surface area contributed by atoms with Gasteiger partial charge in [0.2, 0.25) is 10.0 Å². The molecule has 1 atom stereocenters. The lowest BCUT2D eigenvalue weighted by Crippen LogP contribution is -2.40. The Bertz CT molecular complexity index is 664. The van der Waals surface area contributed by atoms with Crippen LogP contribution in [0, 0.1) is 12.8 Å². The number of esters is 1. The maximum Gasteiger partial charge on any atom is 0.306 e. The molecule has 1 unspecified atom stereocenters. The van der Waals surface area contributed by atoms with Crippen molar-refractivity contribution in [3.05, 3.63) is 42.0 Å². The standard InChI is InChI=1S/C16H21NO4S/c1-12-4-6-15(7-5-12)22(19,20)17-9-8-14(13(2)11-17)10-16(18)21-3/h4-7,14H,2,8-11H2,1,3H3. The summed E-state index contributed by atoms with van der Waals surface area (Å²) in [7, 11) is -2.16. The first kappa shape index (κ1) is 16.7. The number of carbonyl (C=O) groups is 1. The van der Waals surface area contributed by atoms with E-state index in [1.54, 1.807) is 24.3 Å². The van der Waals surface area contributed by atoms with Crippen LogP contribution in [0.2, 0.25) is 0 Å². The molecule has 0 amide bonds. The number of nitrogens with zero attached hydrogens (tertiary/aromatic N) is 1. The third-order valence-electron chi connectivity index (χ3n) is 3.98.